The average Bonchev–Trinajstić information content (AvgIpc) is 2.27. The molecule has 0 bridgehead atoms. The summed E-state index contributed by atoms with van der Waals surface area (Å²) in [5.74, 6) is 1.45. The van der Waals surface area contributed by atoms with Gasteiger partial charge in [-0.2, -0.15) is 4.98 Å². The summed E-state index contributed by atoms with van der Waals surface area (Å²) in [6.07, 6.45) is 0. The van der Waals surface area contributed by atoms with Crippen LogP contribution in [0.2, 0.25) is 5.15 Å². The molecule has 0 spiro atoms. The number of aryl methyl sites for hydroxylation is 1. The second kappa shape index (κ2) is 4.09. The minimum absolute atomic E-state index is 0.357. The fraction of sp³-hybridized carbons (Fsp3) is 0.300. The number of halogens is 1. The van der Waals surface area contributed by atoms with E-state index in [0.717, 1.165) is 0 Å². The van der Waals surface area contributed by atoms with Crippen LogP contribution in [0, 0.1) is 6.92 Å². The summed E-state index contributed by atoms with van der Waals surface area (Å²) in [7, 11) is 3.06. The first kappa shape index (κ1) is 10.9. The molecule has 0 radical (unpaired) electrons. The highest BCUT2D eigenvalue weighted by Crippen LogP contribution is 2.30. The first-order chi connectivity index (χ1) is 7.65. The van der Waals surface area contributed by atoms with E-state index in [4.69, 9.17) is 21.1 Å². The summed E-state index contributed by atoms with van der Waals surface area (Å²) in [4.78, 5) is 12.4. The van der Waals surface area contributed by atoms with Gasteiger partial charge in [-0.25, -0.2) is 9.97 Å². The van der Waals surface area contributed by atoms with E-state index in [-0.39, 0.29) is 0 Å². The molecule has 0 unspecified atom stereocenters. The van der Waals surface area contributed by atoms with Gasteiger partial charge in [0.25, 0.3) is 5.88 Å². The minimum Gasteiger partial charge on any atom is -0.491 e. The average molecular weight is 240 g/mol. The van der Waals surface area contributed by atoms with Crippen LogP contribution in [0.5, 0.6) is 11.6 Å². The molecule has 0 atom stereocenters. The van der Waals surface area contributed by atoms with Gasteiger partial charge in [0.05, 0.1) is 19.6 Å². The van der Waals surface area contributed by atoms with E-state index >= 15 is 0 Å². The largest absolute Gasteiger partial charge is 0.491 e. The fourth-order valence-corrected chi connectivity index (χ4v) is 1.64. The lowest BCUT2D eigenvalue weighted by Gasteiger charge is -2.08. The minimum atomic E-state index is 0.357. The first-order valence-corrected chi connectivity index (χ1v) is 4.96. The zero-order chi connectivity index (χ0) is 11.7. The van der Waals surface area contributed by atoms with Crippen LogP contribution in [0.4, 0.5) is 0 Å². The second-order valence-corrected chi connectivity index (χ2v) is 3.49. The molecule has 0 saturated heterocycles. The van der Waals surface area contributed by atoms with Crippen LogP contribution in [-0.4, -0.2) is 29.2 Å². The number of ether oxygens (including phenoxy) is 2. The normalized spacial score (nSPS) is 10.5. The van der Waals surface area contributed by atoms with Crippen molar-refractivity contribution in [2.75, 3.05) is 14.2 Å². The molecular formula is C10H10ClN3O2. The number of pyridine rings is 1. The smallest absolute Gasteiger partial charge is 0.258 e. The number of rotatable bonds is 2. The van der Waals surface area contributed by atoms with Gasteiger partial charge in [0.15, 0.2) is 11.4 Å². The highest BCUT2D eigenvalue weighted by molar-refractivity contribution is 6.33. The van der Waals surface area contributed by atoms with Gasteiger partial charge < -0.3 is 9.47 Å². The lowest BCUT2D eigenvalue weighted by atomic mass is 10.3. The van der Waals surface area contributed by atoms with Crippen molar-refractivity contribution in [3.8, 4) is 11.6 Å². The Morgan fingerprint density at radius 3 is 2.50 bits per heavy atom. The van der Waals surface area contributed by atoms with Crippen molar-refractivity contribution in [3.63, 3.8) is 0 Å². The van der Waals surface area contributed by atoms with E-state index in [1.165, 1.54) is 14.2 Å². The van der Waals surface area contributed by atoms with Crippen LogP contribution < -0.4 is 9.47 Å². The standard InChI is InChI=1S/C10H10ClN3O2/c1-5-12-8(11)6-4-7(15-2)10(16-3)14-9(6)13-5/h4H,1-3H3. The van der Waals surface area contributed by atoms with E-state index in [9.17, 15) is 0 Å². The van der Waals surface area contributed by atoms with Gasteiger partial charge in [0, 0.05) is 0 Å². The maximum absolute atomic E-state index is 6.00. The van der Waals surface area contributed by atoms with Gasteiger partial charge in [0.2, 0.25) is 0 Å². The summed E-state index contributed by atoms with van der Waals surface area (Å²) < 4.78 is 10.2. The van der Waals surface area contributed by atoms with Crippen LogP contribution in [-0.2, 0) is 0 Å². The Bertz CT molecular complexity index is 545. The fourth-order valence-electron chi connectivity index (χ4n) is 1.38. The molecule has 5 nitrogen and oxygen atoms in total. The molecule has 2 rings (SSSR count). The molecule has 0 saturated carbocycles. The highest BCUT2D eigenvalue weighted by Gasteiger charge is 2.12. The van der Waals surface area contributed by atoms with E-state index in [0.29, 0.717) is 33.6 Å². The van der Waals surface area contributed by atoms with E-state index in [1.807, 2.05) is 0 Å². The summed E-state index contributed by atoms with van der Waals surface area (Å²) in [5.41, 5.74) is 0.496. The maximum Gasteiger partial charge on any atom is 0.258 e. The van der Waals surface area contributed by atoms with Crippen LogP contribution in [0.25, 0.3) is 11.0 Å². The van der Waals surface area contributed by atoms with Gasteiger partial charge in [-0.1, -0.05) is 11.6 Å². The summed E-state index contributed by atoms with van der Waals surface area (Å²) in [5, 5.41) is 1.00. The van der Waals surface area contributed by atoms with Crippen molar-refractivity contribution >= 4 is 22.6 Å². The molecule has 0 fully saturated rings. The Balaban J connectivity index is 2.78. The predicted molar refractivity (Wildman–Crippen MR) is 60.2 cm³/mol. The van der Waals surface area contributed by atoms with Crippen molar-refractivity contribution in [3.05, 3.63) is 17.0 Å². The Morgan fingerprint density at radius 2 is 1.88 bits per heavy atom. The van der Waals surface area contributed by atoms with E-state index in [2.05, 4.69) is 15.0 Å². The molecule has 6 heteroatoms. The van der Waals surface area contributed by atoms with Crippen LogP contribution >= 0.6 is 11.6 Å². The molecule has 2 aromatic rings. The molecule has 16 heavy (non-hydrogen) atoms. The molecule has 0 aliphatic heterocycles. The van der Waals surface area contributed by atoms with Crippen LogP contribution in [0.3, 0.4) is 0 Å². The van der Waals surface area contributed by atoms with Crippen molar-refractivity contribution in [2.24, 2.45) is 0 Å². The van der Waals surface area contributed by atoms with Gasteiger partial charge in [-0.15, -0.1) is 0 Å². The molecule has 0 aromatic carbocycles. The summed E-state index contributed by atoms with van der Waals surface area (Å²) in [6, 6.07) is 1.71. The molecule has 2 aromatic heterocycles. The molecule has 0 N–H and O–H groups in total. The molecule has 84 valence electrons. The zero-order valence-corrected chi connectivity index (χ0v) is 9.87. The van der Waals surface area contributed by atoms with Gasteiger partial charge in [-0.3, -0.25) is 0 Å². The Morgan fingerprint density at radius 1 is 1.12 bits per heavy atom. The van der Waals surface area contributed by atoms with Gasteiger partial charge >= 0.3 is 0 Å². The van der Waals surface area contributed by atoms with Gasteiger partial charge in [0.1, 0.15) is 11.0 Å². The summed E-state index contributed by atoms with van der Waals surface area (Å²) >= 11 is 6.00. The Hall–Kier alpha value is -1.62. The quantitative estimate of drug-likeness (QED) is 0.751. The molecule has 0 amide bonds. The first-order valence-electron chi connectivity index (χ1n) is 4.58. The third-order valence-electron chi connectivity index (χ3n) is 2.10. The molecule has 2 heterocycles. The van der Waals surface area contributed by atoms with Crippen molar-refractivity contribution < 1.29 is 9.47 Å². The summed E-state index contributed by atoms with van der Waals surface area (Å²) in [6.45, 7) is 1.75. The van der Waals surface area contributed by atoms with Crippen molar-refractivity contribution in [2.45, 2.75) is 6.92 Å². The number of hydrogen-bond acceptors (Lipinski definition) is 5. The second-order valence-electron chi connectivity index (χ2n) is 3.13. The van der Waals surface area contributed by atoms with E-state index < -0.39 is 0 Å². The predicted octanol–water partition coefficient (Wildman–Crippen LogP) is 2.00. The topological polar surface area (TPSA) is 57.1 Å². The number of hydrogen-bond donors (Lipinski definition) is 0. The third-order valence-corrected chi connectivity index (χ3v) is 2.39. The van der Waals surface area contributed by atoms with E-state index in [1.54, 1.807) is 13.0 Å². The van der Waals surface area contributed by atoms with Crippen molar-refractivity contribution in [1.82, 2.24) is 15.0 Å². The molecule has 0 aliphatic rings. The number of nitrogens with zero attached hydrogens (tertiary/aromatic N) is 3. The third kappa shape index (κ3) is 1.74. The number of fused-ring (bicyclic) bond motifs is 1. The lowest BCUT2D eigenvalue weighted by molar-refractivity contribution is 0.344. The maximum atomic E-state index is 6.00. The van der Waals surface area contributed by atoms with Crippen LogP contribution in [0.1, 0.15) is 5.82 Å². The monoisotopic (exact) mass is 239 g/mol. The van der Waals surface area contributed by atoms with Crippen LogP contribution in [0.15, 0.2) is 6.07 Å². The Kier molecular flexibility index (Phi) is 2.78. The number of aromatic nitrogens is 3. The molecular weight excluding hydrogens is 230 g/mol. The van der Waals surface area contributed by atoms with Gasteiger partial charge in [-0.05, 0) is 13.0 Å². The SMILES string of the molecule is COc1cc2c(Cl)nc(C)nc2nc1OC. The lowest BCUT2D eigenvalue weighted by Crippen LogP contribution is -1.98. The zero-order valence-electron chi connectivity index (χ0n) is 9.11. The number of methoxy groups -OCH3 is 2. The Labute approximate surface area is 97.4 Å². The highest BCUT2D eigenvalue weighted by atomic mass is 35.5. The van der Waals surface area contributed by atoms with Crippen molar-refractivity contribution in [1.29, 1.82) is 0 Å². The molecule has 0 aliphatic carbocycles.